The number of carbonyl (C=O) groups is 1. The summed E-state index contributed by atoms with van der Waals surface area (Å²) in [6.45, 7) is 3.87. The van der Waals surface area contributed by atoms with Crippen molar-refractivity contribution in [2.75, 3.05) is 0 Å². The predicted octanol–water partition coefficient (Wildman–Crippen LogP) is 2.48. The second-order valence-corrected chi connectivity index (χ2v) is 4.01. The molecule has 2 rings (SSSR count). The molecule has 3 nitrogen and oxygen atoms in total. The minimum atomic E-state index is -0.812. The van der Waals surface area contributed by atoms with Gasteiger partial charge in [0.2, 0.25) is 0 Å². The lowest BCUT2D eigenvalue weighted by Crippen LogP contribution is -2.02. The summed E-state index contributed by atoms with van der Waals surface area (Å²) in [6.07, 6.45) is 0.0450. The third kappa shape index (κ3) is 2.03. The Morgan fingerprint density at radius 2 is 2.06 bits per heavy atom. The van der Waals surface area contributed by atoms with Crippen molar-refractivity contribution >= 4 is 16.9 Å². The van der Waals surface area contributed by atoms with Gasteiger partial charge in [-0.25, -0.2) is 0 Å². The van der Waals surface area contributed by atoms with E-state index in [-0.39, 0.29) is 6.42 Å². The lowest BCUT2D eigenvalue weighted by molar-refractivity contribution is -0.136. The molecule has 0 spiro atoms. The standard InChI is InChI=1S/C13H13NO2/c1-8-3-4-12-11(5-8)10(7-13(15)16)6-9(2)14-12/h3-6H,7H2,1-2H3,(H,15,16). The van der Waals surface area contributed by atoms with Gasteiger partial charge in [0.25, 0.3) is 0 Å². The second kappa shape index (κ2) is 3.93. The summed E-state index contributed by atoms with van der Waals surface area (Å²) in [6, 6.07) is 7.75. The number of fused-ring (bicyclic) bond motifs is 1. The number of aromatic nitrogens is 1. The van der Waals surface area contributed by atoms with Gasteiger partial charge in [-0.15, -0.1) is 0 Å². The molecule has 3 heteroatoms. The number of hydrogen-bond acceptors (Lipinski definition) is 2. The van der Waals surface area contributed by atoms with Crippen molar-refractivity contribution in [3.63, 3.8) is 0 Å². The van der Waals surface area contributed by atoms with Gasteiger partial charge < -0.3 is 5.11 Å². The summed E-state index contributed by atoms with van der Waals surface area (Å²) in [5.41, 5.74) is 3.66. The van der Waals surface area contributed by atoms with E-state index in [4.69, 9.17) is 5.11 Å². The molecular weight excluding hydrogens is 202 g/mol. The highest BCUT2D eigenvalue weighted by atomic mass is 16.4. The van der Waals surface area contributed by atoms with E-state index in [2.05, 4.69) is 4.98 Å². The Labute approximate surface area is 93.7 Å². The molecule has 0 amide bonds. The Hall–Kier alpha value is -1.90. The van der Waals surface area contributed by atoms with Gasteiger partial charge in [-0.05, 0) is 37.6 Å². The molecule has 0 aliphatic rings. The number of aliphatic carboxylic acids is 1. The van der Waals surface area contributed by atoms with E-state index < -0.39 is 5.97 Å². The number of aryl methyl sites for hydroxylation is 2. The number of benzene rings is 1. The van der Waals surface area contributed by atoms with Crippen LogP contribution in [0.3, 0.4) is 0 Å². The average molecular weight is 215 g/mol. The van der Waals surface area contributed by atoms with Crippen molar-refractivity contribution in [2.45, 2.75) is 20.3 Å². The third-order valence-electron chi connectivity index (χ3n) is 2.52. The van der Waals surface area contributed by atoms with Crippen molar-refractivity contribution in [3.05, 3.63) is 41.1 Å². The molecule has 1 heterocycles. The van der Waals surface area contributed by atoms with Crippen molar-refractivity contribution < 1.29 is 9.90 Å². The molecule has 0 atom stereocenters. The molecule has 0 saturated carbocycles. The van der Waals surface area contributed by atoms with Gasteiger partial charge in [0, 0.05) is 11.1 Å². The van der Waals surface area contributed by atoms with Crippen LogP contribution in [0.25, 0.3) is 10.9 Å². The van der Waals surface area contributed by atoms with Crippen molar-refractivity contribution in [1.29, 1.82) is 0 Å². The molecule has 0 saturated heterocycles. The molecule has 2 aromatic rings. The monoisotopic (exact) mass is 215 g/mol. The zero-order valence-corrected chi connectivity index (χ0v) is 9.32. The van der Waals surface area contributed by atoms with Crippen LogP contribution in [0.4, 0.5) is 0 Å². The Balaban J connectivity index is 2.69. The Morgan fingerprint density at radius 1 is 1.31 bits per heavy atom. The maximum absolute atomic E-state index is 10.8. The molecule has 0 bridgehead atoms. The van der Waals surface area contributed by atoms with E-state index >= 15 is 0 Å². The maximum atomic E-state index is 10.8. The minimum Gasteiger partial charge on any atom is -0.481 e. The topological polar surface area (TPSA) is 50.2 Å². The quantitative estimate of drug-likeness (QED) is 0.837. The lowest BCUT2D eigenvalue weighted by Gasteiger charge is -2.06. The molecule has 0 radical (unpaired) electrons. The predicted molar refractivity (Wildman–Crippen MR) is 62.6 cm³/mol. The van der Waals surface area contributed by atoms with Crippen LogP contribution in [0.1, 0.15) is 16.8 Å². The molecule has 0 aliphatic heterocycles. The summed E-state index contributed by atoms with van der Waals surface area (Å²) in [7, 11) is 0. The number of rotatable bonds is 2. The van der Waals surface area contributed by atoms with Crippen LogP contribution >= 0.6 is 0 Å². The van der Waals surface area contributed by atoms with Gasteiger partial charge in [0.1, 0.15) is 0 Å². The molecule has 0 fully saturated rings. The zero-order chi connectivity index (χ0) is 11.7. The van der Waals surface area contributed by atoms with Crippen molar-refractivity contribution in [3.8, 4) is 0 Å². The molecule has 0 unspecified atom stereocenters. The molecule has 16 heavy (non-hydrogen) atoms. The molecule has 0 aliphatic carbocycles. The van der Waals surface area contributed by atoms with Crippen LogP contribution in [0.15, 0.2) is 24.3 Å². The van der Waals surface area contributed by atoms with E-state index in [1.807, 2.05) is 38.1 Å². The van der Waals surface area contributed by atoms with Gasteiger partial charge in [0.05, 0.1) is 11.9 Å². The first-order valence-corrected chi connectivity index (χ1v) is 5.15. The van der Waals surface area contributed by atoms with Crippen LogP contribution in [0.5, 0.6) is 0 Å². The highest BCUT2D eigenvalue weighted by Crippen LogP contribution is 2.20. The fourth-order valence-electron chi connectivity index (χ4n) is 1.87. The average Bonchev–Trinajstić information content (AvgIpc) is 2.18. The van der Waals surface area contributed by atoms with Crippen LogP contribution in [0, 0.1) is 13.8 Å². The lowest BCUT2D eigenvalue weighted by atomic mass is 10.0. The first-order valence-electron chi connectivity index (χ1n) is 5.15. The first-order chi connectivity index (χ1) is 7.56. The van der Waals surface area contributed by atoms with Gasteiger partial charge in [-0.3, -0.25) is 9.78 Å². The Bertz CT molecular complexity index is 561. The van der Waals surface area contributed by atoms with Crippen molar-refractivity contribution in [2.24, 2.45) is 0 Å². The number of hydrogen-bond donors (Lipinski definition) is 1. The molecular formula is C13H13NO2. The third-order valence-corrected chi connectivity index (χ3v) is 2.52. The van der Waals surface area contributed by atoms with E-state index in [0.29, 0.717) is 0 Å². The molecule has 82 valence electrons. The molecule has 1 aromatic carbocycles. The summed E-state index contributed by atoms with van der Waals surface area (Å²) in [5, 5.41) is 9.80. The highest BCUT2D eigenvalue weighted by molar-refractivity contribution is 5.86. The van der Waals surface area contributed by atoms with E-state index in [9.17, 15) is 4.79 Å². The van der Waals surface area contributed by atoms with Crippen LogP contribution in [-0.4, -0.2) is 16.1 Å². The highest BCUT2D eigenvalue weighted by Gasteiger charge is 2.07. The number of carboxylic acids is 1. The number of carboxylic acid groups (broad SMARTS) is 1. The van der Waals surface area contributed by atoms with E-state index in [1.54, 1.807) is 0 Å². The molecule has 1 N–H and O–H groups in total. The van der Waals surface area contributed by atoms with Crippen LogP contribution in [-0.2, 0) is 11.2 Å². The van der Waals surface area contributed by atoms with E-state index in [0.717, 1.165) is 27.7 Å². The van der Waals surface area contributed by atoms with Crippen LogP contribution in [0.2, 0.25) is 0 Å². The summed E-state index contributed by atoms with van der Waals surface area (Å²) < 4.78 is 0. The minimum absolute atomic E-state index is 0.0450. The summed E-state index contributed by atoms with van der Waals surface area (Å²) >= 11 is 0. The summed E-state index contributed by atoms with van der Waals surface area (Å²) in [4.78, 5) is 15.2. The SMILES string of the molecule is Cc1ccc2nc(C)cc(CC(=O)O)c2c1. The zero-order valence-electron chi connectivity index (χ0n) is 9.32. The van der Waals surface area contributed by atoms with Gasteiger partial charge in [0.15, 0.2) is 0 Å². The summed E-state index contributed by atoms with van der Waals surface area (Å²) in [5.74, 6) is -0.812. The van der Waals surface area contributed by atoms with Gasteiger partial charge in [-0.1, -0.05) is 11.6 Å². The Kier molecular flexibility index (Phi) is 2.60. The van der Waals surface area contributed by atoms with Crippen LogP contribution < -0.4 is 0 Å². The normalized spacial score (nSPS) is 10.6. The largest absolute Gasteiger partial charge is 0.481 e. The van der Waals surface area contributed by atoms with Crippen molar-refractivity contribution in [1.82, 2.24) is 4.98 Å². The fourth-order valence-corrected chi connectivity index (χ4v) is 1.87. The van der Waals surface area contributed by atoms with E-state index in [1.165, 1.54) is 0 Å². The second-order valence-electron chi connectivity index (χ2n) is 4.01. The smallest absolute Gasteiger partial charge is 0.307 e. The molecule has 1 aromatic heterocycles. The number of nitrogens with zero attached hydrogens (tertiary/aromatic N) is 1. The van der Waals surface area contributed by atoms with Gasteiger partial charge >= 0.3 is 5.97 Å². The fraction of sp³-hybridized carbons (Fsp3) is 0.231. The first kappa shape index (κ1) is 10.6. The number of pyridine rings is 1. The van der Waals surface area contributed by atoms with Gasteiger partial charge in [-0.2, -0.15) is 0 Å². The maximum Gasteiger partial charge on any atom is 0.307 e. The Morgan fingerprint density at radius 3 is 2.75 bits per heavy atom.